The van der Waals surface area contributed by atoms with Crippen molar-refractivity contribution >= 4 is 33.0 Å². The van der Waals surface area contributed by atoms with Gasteiger partial charge in [-0.2, -0.15) is 18.4 Å². The normalized spacial score (nSPS) is 15.4. The first kappa shape index (κ1) is 26.6. The predicted molar refractivity (Wildman–Crippen MR) is 116 cm³/mol. The zero-order valence-electron chi connectivity index (χ0n) is 18.4. The van der Waals surface area contributed by atoms with Crippen LogP contribution in [0, 0.1) is 11.3 Å². The van der Waals surface area contributed by atoms with Gasteiger partial charge in [0.25, 0.3) is 5.91 Å². The van der Waals surface area contributed by atoms with Crippen molar-refractivity contribution in [1.29, 1.82) is 5.26 Å². The number of nitrogens with zero attached hydrogens (tertiary/aromatic N) is 4. The van der Waals surface area contributed by atoms with E-state index in [1.165, 1.54) is 6.20 Å². The number of hydrogen-bond acceptors (Lipinski definition) is 8. The average molecular weight is 524 g/mol. The molecule has 4 rings (SSSR count). The number of aliphatic carboxylic acids is 1. The Morgan fingerprint density at radius 1 is 1.19 bits per heavy atom. The van der Waals surface area contributed by atoms with Crippen LogP contribution in [0.2, 0.25) is 0 Å². The minimum atomic E-state index is -5.19. The summed E-state index contributed by atoms with van der Waals surface area (Å²) in [7, 11) is -2.94. The van der Waals surface area contributed by atoms with E-state index in [0.717, 1.165) is 16.1 Å². The largest absolute Gasteiger partial charge is 0.542 e. The highest BCUT2D eigenvalue weighted by molar-refractivity contribution is 7.91. The number of imidazole rings is 1. The Kier molecular flexibility index (Phi) is 7.90. The van der Waals surface area contributed by atoms with E-state index in [1.54, 1.807) is 22.7 Å². The van der Waals surface area contributed by atoms with Crippen LogP contribution >= 0.6 is 0 Å². The van der Waals surface area contributed by atoms with Crippen LogP contribution in [-0.4, -0.2) is 65.4 Å². The molecule has 0 spiro atoms. The van der Waals surface area contributed by atoms with Crippen molar-refractivity contribution in [3.63, 3.8) is 0 Å². The summed E-state index contributed by atoms with van der Waals surface area (Å²) in [5, 5.41) is 20.3. The van der Waals surface area contributed by atoms with Crippen molar-refractivity contribution in [3.8, 4) is 6.07 Å². The summed E-state index contributed by atoms with van der Waals surface area (Å²) >= 11 is 0. The predicted octanol–water partition coefficient (Wildman–Crippen LogP) is -1.03. The molecule has 1 amide bonds. The molecule has 1 aliphatic heterocycles. The number of carbonyl (C=O) groups excluding carboxylic acids is 2. The van der Waals surface area contributed by atoms with Gasteiger partial charge in [0, 0.05) is 12.4 Å². The van der Waals surface area contributed by atoms with Crippen molar-refractivity contribution in [2.75, 3.05) is 29.9 Å². The summed E-state index contributed by atoms with van der Waals surface area (Å²) in [5.74, 6) is -2.52. The number of nitriles is 1. The van der Waals surface area contributed by atoms with Gasteiger partial charge in [0.05, 0.1) is 35.7 Å². The van der Waals surface area contributed by atoms with Crippen LogP contribution in [0.3, 0.4) is 0 Å². The van der Waals surface area contributed by atoms with E-state index < -0.39 is 27.9 Å². The van der Waals surface area contributed by atoms with Crippen LogP contribution in [0.1, 0.15) is 21.9 Å². The van der Waals surface area contributed by atoms with Crippen molar-refractivity contribution in [2.24, 2.45) is 0 Å². The zero-order chi connectivity index (χ0) is 26.5. The summed E-state index contributed by atoms with van der Waals surface area (Å²) in [6.07, 6.45) is -2.04. The number of alkyl halides is 3. The van der Waals surface area contributed by atoms with E-state index >= 15 is 0 Å². The number of carbonyl (C=O) groups is 2. The van der Waals surface area contributed by atoms with Gasteiger partial charge < -0.3 is 20.1 Å². The van der Waals surface area contributed by atoms with Crippen LogP contribution in [0.25, 0.3) is 5.52 Å². The highest BCUT2D eigenvalue weighted by Crippen LogP contribution is 2.15. The second-order valence-electron chi connectivity index (χ2n) is 7.70. The quantitative estimate of drug-likeness (QED) is 0.438. The minimum Gasteiger partial charge on any atom is -0.542 e. The number of pyridine rings is 2. The van der Waals surface area contributed by atoms with Crippen molar-refractivity contribution in [2.45, 2.75) is 12.7 Å². The molecule has 0 radical (unpaired) electrons. The fourth-order valence-corrected chi connectivity index (χ4v) is 4.74. The van der Waals surface area contributed by atoms with E-state index in [4.69, 9.17) is 15.2 Å². The number of nitrogens with one attached hydrogen (secondary N) is 2. The number of hydrogen-bond donors (Lipinski definition) is 2. The highest BCUT2D eigenvalue weighted by atomic mass is 32.2. The summed E-state index contributed by atoms with van der Waals surface area (Å²) in [4.78, 5) is 31.3. The molecule has 11 nitrogen and oxygen atoms in total. The van der Waals surface area contributed by atoms with Crippen LogP contribution < -0.4 is 15.3 Å². The summed E-state index contributed by atoms with van der Waals surface area (Å²) in [6, 6.07) is 10.7. The number of amides is 1. The fourth-order valence-electron chi connectivity index (χ4n) is 3.34. The van der Waals surface area contributed by atoms with E-state index in [9.17, 15) is 26.4 Å². The molecule has 0 saturated carbocycles. The van der Waals surface area contributed by atoms with Gasteiger partial charge in [0.2, 0.25) is 5.82 Å². The molecule has 1 fully saturated rings. The van der Waals surface area contributed by atoms with Crippen molar-refractivity contribution in [3.05, 3.63) is 59.8 Å². The van der Waals surface area contributed by atoms with Gasteiger partial charge in [-0.3, -0.25) is 9.20 Å². The molecule has 3 aromatic heterocycles. The molecular formula is C21H19F3N6O5S. The molecule has 3 aromatic rings. The topological polar surface area (TPSA) is 162 Å². The Bertz CT molecular complexity index is 1400. The van der Waals surface area contributed by atoms with Crippen molar-refractivity contribution in [1.82, 2.24) is 14.4 Å². The Hall–Kier alpha value is -4.03. The second kappa shape index (κ2) is 10.7. The first-order valence-electron chi connectivity index (χ1n) is 10.4. The summed E-state index contributed by atoms with van der Waals surface area (Å²) in [6.45, 7) is 1.61. The highest BCUT2D eigenvalue weighted by Gasteiger charge is 2.29. The minimum absolute atomic E-state index is 0.172. The maximum absolute atomic E-state index is 12.8. The van der Waals surface area contributed by atoms with Crippen LogP contribution in [-0.2, 0) is 21.2 Å². The number of carboxylic acid groups (broad SMARTS) is 1. The van der Waals surface area contributed by atoms with E-state index in [2.05, 4.69) is 15.3 Å². The number of carboxylic acids is 1. The fraction of sp³-hybridized carbons (Fsp3) is 0.286. The molecule has 2 N–H and O–H groups in total. The number of halogens is 3. The lowest BCUT2D eigenvalue weighted by Gasteiger charge is -2.22. The number of aromatic nitrogens is 3. The number of quaternary nitrogens is 1. The van der Waals surface area contributed by atoms with Gasteiger partial charge in [-0.15, -0.1) is 0 Å². The summed E-state index contributed by atoms with van der Waals surface area (Å²) < 4.78 is 56.6. The van der Waals surface area contributed by atoms with E-state index in [1.807, 2.05) is 24.3 Å². The lowest BCUT2D eigenvalue weighted by Crippen LogP contribution is -3.13. The Morgan fingerprint density at radius 3 is 2.42 bits per heavy atom. The van der Waals surface area contributed by atoms with Crippen LogP contribution in [0.4, 0.5) is 19.0 Å². The maximum atomic E-state index is 12.8. The molecular weight excluding hydrogens is 505 g/mol. The molecule has 0 aromatic carbocycles. The lowest BCUT2D eigenvalue weighted by atomic mass is 10.3. The smallest absolute Gasteiger partial charge is 0.430 e. The van der Waals surface area contributed by atoms with Gasteiger partial charge in [0.15, 0.2) is 9.84 Å². The number of sulfone groups is 1. The molecule has 0 unspecified atom stereocenters. The number of rotatable bonds is 4. The summed E-state index contributed by atoms with van der Waals surface area (Å²) in [5.41, 5.74) is 1.97. The maximum Gasteiger partial charge on any atom is 0.430 e. The van der Waals surface area contributed by atoms with Gasteiger partial charge in [-0.25, -0.2) is 18.4 Å². The Balaban J connectivity index is 0.000000454. The first-order chi connectivity index (χ1) is 16.9. The number of anilines is 1. The third kappa shape index (κ3) is 6.77. The molecule has 1 saturated heterocycles. The van der Waals surface area contributed by atoms with Crippen molar-refractivity contribution < 1.29 is 41.2 Å². The van der Waals surface area contributed by atoms with Crippen LogP contribution in [0.5, 0.6) is 0 Å². The Labute approximate surface area is 202 Å². The monoisotopic (exact) mass is 524 g/mol. The van der Waals surface area contributed by atoms with Crippen LogP contribution in [0.15, 0.2) is 42.7 Å². The van der Waals surface area contributed by atoms with Gasteiger partial charge in [0.1, 0.15) is 30.1 Å². The molecule has 15 heteroatoms. The molecule has 190 valence electrons. The molecule has 0 atom stereocenters. The standard InChI is InChI=1S/C19H18N6O3S.C2HF3O2/c20-11-14-4-5-17(21-12-14)23-19(26)18-22-15(16-3-1-2-6-25(16)18)13-24-7-9-29(27,28)10-8-24;3-2(4,5)1(6)7/h1-6,12H,7-10,13H2,(H,21,23,26);(H,6,7). The lowest BCUT2D eigenvalue weighted by molar-refractivity contribution is -0.910. The zero-order valence-corrected chi connectivity index (χ0v) is 19.3. The third-order valence-electron chi connectivity index (χ3n) is 5.14. The van der Waals surface area contributed by atoms with Gasteiger partial charge in [-0.05, 0) is 24.3 Å². The molecule has 36 heavy (non-hydrogen) atoms. The Morgan fingerprint density at radius 2 is 1.86 bits per heavy atom. The van der Waals surface area contributed by atoms with Gasteiger partial charge >= 0.3 is 6.18 Å². The van der Waals surface area contributed by atoms with E-state index in [0.29, 0.717) is 31.0 Å². The second-order valence-corrected chi connectivity index (χ2v) is 10.0. The average Bonchev–Trinajstić information content (AvgIpc) is 3.19. The molecule has 4 heterocycles. The first-order valence-corrected chi connectivity index (χ1v) is 12.2. The van der Waals surface area contributed by atoms with Gasteiger partial charge in [-0.1, -0.05) is 6.07 Å². The number of fused-ring (bicyclic) bond motifs is 1. The van der Waals surface area contributed by atoms with E-state index in [-0.39, 0.29) is 17.3 Å². The molecule has 0 aliphatic carbocycles. The third-order valence-corrected chi connectivity index (χ3v) is 6.80. The molecule has 1 aliphatic rings. The SMILES string of the molecule is N#Cc1ccc(NC(=O)c2nc(C[NH+]3CCS(=O)(=O)CC3)c3ccccn23)nc1.O=C([O-])C(F)(F)F. The molecule has 0 bridgehead atoms.